The van der Waals surface area contributed by atoms with Gasteiger partial charge in [0.15, 0.2) is 5.78 Å². The first-order chi connectivity index (χ1) is 58.1. The summed E-state index contributed by atoms with van der Waals surface area (Å²) in [6.07, 6.45) is 5.29. The second-order valence-corrected chi connectivity index (χ2v) is 27.9. The maximum Gasteiger partial charge on any atom is 0.251 e. The number of rotatable bonds is 24. The number of fused-ring (bicyclic) bond motifs is 4. The normalized spacial score (nSPS) is 11.0. The van der Waals surface area contributed by atoms with E-state index in [1.165, 1.54) is 29.2 Å². The number of nitrogens with one attached hydrogen (secondary N) is 4. The third-order valence-corrected chi connectivity index (χ3v) is 18.5. The van der Waals surface area contributed by atoms with E-state index in [1.54, 1.807) is 67.6 Å². The highest BCUT2D eigenvalue weighted by atomic mass is 35.5. The van der Waals surface area contributed by atoms with Crippen LogP contribution in [0.15, 0.2) is 297 Å². The number of benzene rings is 13. The predicted octanol–water partition coefficient (Wildman–Crippen LogP) is 15.9. The van der Waals surface area contributed by atoms with Gasteiger partial charge >= 0.3 is 0 Å². The number of amides is 3. The maximum absolute atomic E-state index is 13.5. The van der Waals surface area contributed by atoms with Crippen molar-refractivity contribution in [1.82, 2.24) is 31.2 Å². The molecule has 2 unspecified atom stereocenters. The molecule has 618 valence electrons. The first-order valence-corrected chi connectivity index (χ1v) is 39.4. The molecule has 1 aromatic heterocycles. The highest BCUT2D eigenvalue weighted by Crippen LogP contribution is 2.31. The molecule has 120 heavy (non-hydrogen) atoms. The number of phenols is 1. The van der Waals surface area contributed by atoms with Crippen LogP contribution in [-0.2, 0) is 20.8 Å². The van der Waals surface area contributed by atoms with Gasteiger partial charge in [-0.1, -0.05) is 212 Å². The smallest absolute Gasteiger partial charge is 0.251 e. The van der Waals surface area contributed by atoms with E-state index in [2.05, 4.69) is 43.4 Å². The van der Waals surface area contributed by atoms with Gasteiger partial charge in [-0.15, -0.1) is 0 Å². The number of aryl methyl sites for hydroxylation is 2. The number of aromatic hydroxyl groups is 1. The minimum absolute atomic E-state index is 0.0126. The summed E-state index contributed by atoms with van der Waals surface area (Å²) in [6, 6.07) is 89.4. The average molecular weight is 1630 g/mol. The molecule has 19 N–H and O–H groups in total. The lowest BCUT2D eigenvalue weighted by molar-refractivity contribution is -0.122. The standard InChI is InChI=1S/C22H20FNO.C15H16N2O.C13H10ClNO.C13H14N2O.C13H13NO.C12H9N3O.C9H20N2O3/c1-15-13-16(7-12-20(15)23)14-21(25)22(17-5-3-2-4-6-17)18-8-10-19(24)11-9-18;16-10-11-17-15(18)9-8-13-6-3-5-12-4-1-2-7-14(12)13;14-10-6-7-12(15)11(8-10)13(16)9-4-2-1-3-5-9;14-8-9-15-13(16)12-7-3-5-10-4-1-2-6-11(10)12;1-10-2-6-12(7-3-10)15-13-8-4-11(14)5-9-13;13-7-5-10-11(6-12(7)16)15-9-4-2-1-3-8(9)14-10;1-2-4-10-9(14)6-8(3-5-12)11-7-13/h2-13,22H,14,24H2,1H3;1-9H,10-11,16H2,(H,17,18);1-8H,15H2;1-7H,8-9,14H2,(H,15,16);2-9H,14H2,1H3;1-6,16H,13H2;8,11-13H,2-7H2,1H3,(H,10,14)/b;9-8-;;;;;. The number of anilines is 4. The Balaban J connectivity index is 0.000000176. The van der Waals surface area contributed by atoms with Crippen molar-refractivity contribution >= 4 is 113 Å². The molecule has 0 aliphatic rings. The molecule has 0 bridgehead atoms. The number of carbonyl (C=O) groups is 5. The quantitative estimate of drug-likeness (QED) is 0.00667. The molecule has 13 aromatic carbocycles. The highest BCUT2D eigenvalue weighted by Gasteiger charge is 2.23. The summed E-state index contributed by atoms with van der Waals surface area (Å²) < 4.78 is 19.1. The second-order valence-electron chi connectivity index (χ2n) is 27.4. The summed E-state index contributed by atoms with van der Waals surface area (Å²) in [5, 5.41) is 42.6. The van der Waals surface area contributed by atoms with Crippen LogP contribution in [0, 0.1) is 19.7 Å². The van der Waals surface area contributed by atoms with Crippen LogP contribution in [0.25, 0.3) is 49.7 Å². The number of nitrogens with two attached hydrogens (primary N) is 6. The number of halogens is 2. The van der Waals surface area contributed by atoms with Crippen LogP contribution in [0.2, 0.25) is 5.02 Å². The molecule has 0 spiro atoms. The van der Waals surface area contributed by atoms with Crippen molar-refractivity contribution in [3.63, 3.8) is 0 Å². The molecule has 21 nitrogen and oxygen atoms in total. The number of ether oxygens (including phenoxy) is 1. The number of Topliss-reactive ketones (excluding diaryl/α,β-unsaturated/α-hetero) is 1. The highest BCUT2D eigenvalue weighted by molar-refractivity contribution is 6.31. The molecule has 3 amide bonds. The minimum atomic E-state index is -0.368. The lowest BCUT2D eigenvalue weighted by Gasteiger charge is -2.17. The van der Waals surface area contributed by atoms with Crippen LogP contribution in [0.5, 0.6) is 17.2 Å². The number of aliphatic hydroxyl groups is 2. The van der Waals surface area contributed by atoms with Gasteiger partial charge in [0.25, 0.3) is 5.91 Å². The maximum atomic E-state index is 13.5. The van der Waals surface area contributed by atoms with Crippen molar-refractivity contribution in [3.05, 3.63) is 358 Å². The second kappa shape index (κ2) is 48.7. The molecule has 23 heteroatoms. The van der Waals surface area contributed by atoms with Gasteiger partial charge in [0.2, 0.25) is 11.8 Å². The molecule has 0 aliphatic heterocycles. The van der Waals surface area contributed by atoms with Gasteiger partial charge in [0.1, 0.15) is 28.8 Å². The van der Waals surface area contributed by atoms with E-state index >= 15 is 0 Å². The number of hydrogen-bond donors (Lipinski definition) is 13. The summed E-state index contributed by atoms with van der Waals surface area (Å²) in [6.45, 7) is 8.15. The Morgan fingerprint density at radius 3 is 1.70 bits per heavy atom. The molecule has 14 rings (SSSR count). The van der Waals surface area contributed by atoms with Crippen molar-refractivity contribution < 1.29 is 48.4 Å². The SMILES string of the molecule is CCCNC(=O)CC(CCO)NCO.Cc1cc(CC(=O)C(c2ccccc2)c2ccc(N)cc2)ccc1F.Cc1ccc(Oc2ccc(N)cc2)cc1.NCCNC(=O)/C=C\c1cccc2ccccc12.NCCNC(=O)c1cccc2ccccc12.Nc1cc2nc3ccccc3nc2cc1O.Nc1ccc(Cl)cc1C(=O)c1ccccc1. The number of aliphatic hydroxyl groups excluding tert-OH is 2. The lowest BCUT2D eigenvalue weighted by atomic mass is 9.85. The van der Waals surface area contributed by atoms with Crippen LogP contribution in [0.3, 0.4) is 0 Å². The average Bonchev–Trinajstić information content (AvgIpc) is 0.633. The van der Waals surface area contributed by atoms with Crippen LogP contribution < -0.4 is 60.4 Å². The molecule has 1 heterocycles. The number of carbonyl (C=O) groups excluding carboxylic acids is 5. The van der Waals surface area contributed by atoms with E-state index in [-0.39, 0.29) is 72.6 Å². The number of para-hydroxylation sites is 2. The Kier molecular flexibility index (Phi) is 37.3. The molecule has 2 atom stereocenters. The summed E-state index contributed by atoms with van der Waals surface area (Å²) >= 11 is 5.84. The molecule has 0 aliphatic carbocycles. The van der Waals surface area contributed by atoms with E-state index < -0.39 is 0 Å². The zero-order chi connectivity index (χ0) is 86.1. The molecule has 14 aromatic rings. The van der Waals surface area contributed by atoms with Gasteiger partial charge < -0.3 is 70.4 Å². The fraction of sp³-hybridized carbons (Fsp3) is 0.165. The first kappa shape index (κ1) is 91.8. The third kappa shape index (κ3) is 29.5. The Labute approximate surface area is 703 Å². The first-order valence-electron chi connectivity index (χ1n) is 39.0. The summed E-state index contributed by atoms with van der Waals surface area (Å²) in [5.41, 5.74) is 45.7. The topological polar surface area (TPSA) is 385 Å². The Morgan fingerprint density at radius 2 is 1.08 bits per heavy atom. The Bertz CT molecular complexity index is 5540. The van der Waals surface area contributed by atoms with Gasteiger partial charge in [0, 0.05) is 109 Å². The van der Waals surface area contributed by atoms with E-state index in [1.807, 2.05) is 226 Å². The molecule has 0 fully saturated rings. The summed E-state index contributed by atoms with van der Waals surface area (Å²) in [5.74, 6) is 0.779. The van der Waals surface area contributed by atoms with E-state index in [0.717, 1.165) is 73.1 Å². The fourth-order valence-corrected chi connectivity index (χ4v) is 12.3. The third-order valence-electron chi connectivity index (χ3n) is 18.3. The molecule has 0 saturated heterocycles. The van der Waals surface area contributed by atoms with Gasteiger partial charge in [-0.25, -0.2) is 14.4 Å². The van der Waals surface area contributed by atoms with Gasteiger partial charge in [0.05, 0.1) is 40.4 Å². The van der Waals surface area contributed by atoms with E-state index in [0.29, 0.717) is 101 Å². The van der Waals surface area contributed by atoms with E-state index in [4.69, 9.17) is 61.0 Å². The monoisotopic (exact) mass is 1630 g/mol. The summed E-state index contributed by atoms with van der Waals surface area (Å²) in [7, 11) is 0. The fourth-order valence-electron chi connectivity index (χ4n) is 12.1. The van der Waals surface area contributed by atoms with Crippen LogP contribution in [0.4, 0.5) is 27.1 Å². The van der Waals surface area contributed by atoms with Crippen LogP contribution >= 0.6 is 11.6 Å². The molecule has 0 radical (unpaired) electrons. The minimum Gasteiger partial charge on any atom is -0.506 e. The van der Waals surface area contributed by atoms with Crippen molar-refractivity contribution in [3.8, 4) is 17.2 Å². The predicted molar refractivity (Wildman–Crippen MR) is 484 cm³/mol. The molecular formula is C97H102ClFN12O9. The summed E-state index contributed by atoms with van der Waals surface area (Å²) in [4.78, 5) is 68.5. The van der Waals surface area contributed by atoms with Gasteiger partial charge in [-0.2, -0.15) is 0 Å². The van der Waals surface area contributed by atoms with Crippen LogP contribution in [0.1, 0.15) is 91.8 Å². The van der Waals surface area contributed by atoms with Crippen molar-refractivity contribution in [2.75, 3.05) is 69.0 Å². The van der Waals surface area contributed by atoms with Crippen LogP contribution in [-0.4, -0.2) is 107 Å². The Morgan fingerprint density at radius 1 is 0.533 bits per heavy atom. The Hall–Kier alpha value is -13.7. The number of aromatic nitrogens is 2. The van der Waals surface area contributed by atoms with Crippen molar-refractivity contribution in [1.29, 1.82) is 0 Å². The van der Waals surface area contributed by atoms with E-state index in [9.17, 15) is 33.5 Å². The number of nitrogens with zero attached hydrogens (tertiary/aromatic N) is 2. The molecular weight excluding hydrogens is 1530 g/mol. The van der Waals surface area contributed by atoms with Gasteiger partial charge in [-0.05, 0) is 179 Å². The zero-order valence-electron chi connectivity index (χ0n) is 67.2. The number of hydrogen-bond acceptors (Lipinski definition) is 18. The molecule has 0 saturated carbocycles. The largest absolute Gasteiger partial charge is 0.506 e. The lowest BCUT2D eigenvalue weighted by Crippen LogP contribution is -2.37. The number of ketones is 2. The number of phenolic OH excluding ortho intramolecular Hbond substituents is 1. The number of nitrogen functional groups attached to an aromatic ring is 4. The van der Waals surface area contributed by atoms with Gasteiger partial charge in [-0.3, -0.25) is 29.3 Å². The zero-order valence-corrected chi connectivity index (χ0v) is 68.0. The van der Waals surface area contributed by atoms with Crippen molar-refractivity contribution in [2.45, 2.75) is 58.4 Å². The van der Waals surface area contributed by atoms with Crippen molar-refractivity contribution in [2.24, 2.45) is 11.5 Å².